The molecule has 0 aliphatic carbocycles. The number of aromatic nitrogens is 4. The minimum absolute atomic E-state index is 0.0130. The molecule has 1 fully saturated rings. The summed E-state index contributed by atoms with van der Waals surface area (Å²) in [5, 5.41) is 28.9. The Hall–Kier alpha value is -2.01. The Morgan fingerprint density at radius 2 is 2.24 bits per heavy atom. The molecule has 0 spiro atoms. The fourth-order valence-corrected chi connectivity index (χ4v) is 2.30. The highest BCUT2D eigenvalue weighted by atomic mass is 16.6. The Kier molecular flexibility index (Phi) is 3.37. The van der Waals surface area contributed by atoms with Gasteiger partial charge in [-0.25, -0.2) is 4.98 Å². The van der Waals surface area contributed by atoms with E-state index in [4.69, 9.17) is 14.6 Å². The number of rotatable bonds is 3. The third-order valence-electron chi connectivity index (χ3n) is 3.40. The van der Waals surface area contributed by atoms with Crippen LogP contribution in [0.25, 0.3) is 11.2 Å². The Bertz CT molecular complexity index is 712. The van der Waals surface area contributed by atoms with E-state index in [2.05, 4.69) is 15.0 Å². The van der Waals surface area contributed by atoms with E-state index >= 15 is 0 Å². The third kappa shape index (κ3) is 2.08. The van der Waals surface area contributed by atoms with Crippen LogP contribution in [0.3, 0.4) is 0 Å². The minimum Gasteiger partial charge on any atom is -0.468 e. The van der Waals surface area contributed by atoms with E-state index in [0.717, 1.165) is 0 Å². The first-order valence-electron chi connectivity index (χ1n) is 6.20. The maximum Gasteiger partial charge on any atom is 0.298 e. The minimum atomic E-state index is -1.29. The summed E-state index contributed by atoms with van der Waals surface area (Å²) in [4.78, 5) is 22.2. The van der Waals surface area contributed by atoms with Gasteiger partial charge in [0.1, 0.15) is 18.3 Å². The number of imidazole rings is 1. The molecule has 0 amide bonds. The van der Waals surface area contributed by atoms with Crippen LogP contribution in [-0.4, -0.2) is 66.9 Å². The van der Waals surface area contributed by atoms with Crippen LogP contribution in [0.4, 0.5) is 0 Å². The molecule has 2 aromatic heterocycles. The molecular weight excluding hydrogens is 284 g/mol. The van der Waals surface area contributed by atoms with Crippen molar-refractivity contribution in [2.45, 2.75) is 24.5 Å². The highest BCUT2D eigenvalue weighted by Gasteiger charge is 2.44. The lowest BCUT2D eigenvalue weighted by molar-refractivity contribution is -0.0511. The Balaban J connectivity index is 2.09. The molecule has 114 valence electrons. The highest BCUT2D eigenvalue weighted by Crippen LogP contribution is 2.30. The zero-order valence-corrected chi connectivity index (χ0v) is 11.0. The maximum atomic E-state index is 11.8. The van der Waals surface area contributed by atoms with Crippen molar-refractivity contribution in [1.29, 1.82) is 0 Å². The van der Waals surface area contributed by atoms with Gasteiger partial charge in [0, 0.05) is 0 Å². The average molecular weight is 298 g/mol. The van der Waals surface area contributed by atoms with Crippen molar-refractivity contribution in [3.63, 3.8) is 0 Å². The number of aliphatic hydroxyl groups is 3. The van der Waals surface area contributed by atoms with Gasteiger partial charge in [-0.2, -0.15) is 4.98 Å². The monoisotopic (exact) mass is 298 g/mol. The van der Waals surface area contributed by atoms with Crippen molar-refractivity contribution in [1.82, 2.24) is 19.5 Å². The summed E-state index contributed by atoms with van der Waals surface area (Å²) in [5.74, 6) is 0. The zero-order chi connectivity index (χ0) is 15.1. The Morgan fingerprint density at radius 1 is 1.48 bits per heavy atom. The number of methoxy groups -OCH3 is 1. The number of fused-ring (bicyclic) bond motifs is 1. The predicted molar refractivity (Wildman–Crippen MR) is 67.7 cm³/mol. The summed E-state index contributed by atoms with van der Waals surface area (Å²) in [7, 11) is 1.34. The molecule has 0 saturated carbocycles. The Labute approximate surface area is 117 Å². The van der Waals surface area contributed by atoms with Crippen LogP contribution in [0.5, 0.6) is 6.01 Å². The topological polar surface area (TPSA) is 143 Å². The quantitative estimate of drug-likeness (QED) is 0.497. The summed E-state index contributed by atoms with van der Waals surface area (Å²) < 4.78 is 11.6. The second-order valence-electron chi connectivity index (χ2n) is 4.63. The molecule has 10 heteroatoms. The molecule has 4 atom stereocenters. The summed E-state index contributed by atoms with van der Waals surface area (Å²) in [5.41, 5.74) is -0.304. The molecular formula is C11H14N4O6. The van der Waals surface area contributed by atoms with Crippen molar-refractivity contribution < 1.29 is 24.8 Å². The van der Waals surface area contributed by atoms with E-state index in [1.165, 1.54) is 18.0 Å². The first-order valence-corrected chi connectivity index (χ1v) is 6.20. The van der Waals surface area contributed by atoms with Gasteiger partial charge in [-0.3, -0.25) is 14.3 Å². The van der Waals surface area contributed by atoms with Crippen molar-refractivity contribution in [2.24, 2.45) is 0 Å². The summed E-state index contributed by atoms with van der Waals surface area (Å²) in [6.45, 7) is -0.446. The van der Waals surface area contributed by atoms with Gasteiger partial charge in [-0.05, 0) is 0 Å². The number of hydrogen-bond donors (Lipinski definition) is 4. The molecule has 4 N–H and O–H groups in total. The maximum absolute atomic E-state index is 11.8. The highest BCUT2D eigenvalue weighted by molar-refractivity contribution is 5.69. The van der Waals surface area contributed by atoms with E-state index in [0.29, 0.717) is 0 Å². The largest absolute Gasteiger partial charge is 0.468 e. The molecule has 0 unspecified atom stereocenters. The molecule has 1 aliphatic heterocycles. The molecule has 3 heterocycles. The van der Waals surface area contributed by atoms with Gasteiger partial charge in [0.25, 0.3) is 11.6 Å². The van der Waals surface area contributed by atoms with Crippen LogP contribution < -0.4 is 10.3 Å². The van der Waals surface area contributed by atoms with E-state index in [-0.39, 0.29) is 17.2 Å². The normalized spacial score (nSPS) is 29.1. The molecule has 0 radical (unpaired) electrons. The lowest BCUT2D eigenvalue weighted by Gasteiger charge is -2.16. The van der Waals surface area contributed by atoms with Gasteiger partial charge in [0.05, 0.1) is 20.0 Å². The molecule has 3 rings (SSSR count). The second-order valence-corrected chi connectivity index (χ2v) is 4.63. The van der Waals surface area contributed by atoms with Crippen molar-refractivity contribution in [3.8, 4) is 6.01 Å². The van der Waals surface area contributed by atoms with E-state index in [1.807, 2.05) is 0 Å². The average Bonchev–Trinajstić information content (AvgIpc) is 3.02. The number of nitrogens with zero attached hydrogens (tertiary/aromatic N) is 3. The first-order chi connectivity index (χ1) is 10.1. The fourth-order valence-electron chi connectivity index (χ4n) is 2.30. The van der Waals surface area contributed by atoms with Gasteiger partial charge >= 0.3 is 0 Å². The van der Waals surface area contributed by atoms with Crippen LogP contribution in [-0.2, 0) is 4.74 Å². The second kappa shape index (κ2) is 5.07. The van der Waals surface area contributed by atoms with Crippen LogP contribution in [0.15, 0.2) is 11.1 Å². The smallest absolute Gasteiger partial charge is 0.298 e. The molecule has 0 aromatic carbocycles. The molecule has 21 heavy (non-hydrogen) atoms. The van der Waals surface area contributed by atoms with Gasteiger partial charge < -0.3 is 24.8 Å². The van der Waals surface area contributed by atoms with Gasteiger partial charge in [-0.1, -0.05) is 0 Å². The number of hydrogen-bond acceptors (Lipinski definition) is 8. The number of ether oxygens (including phenoxy) is 2. The van der Waals surface area contributed by atoms with E-state index in [1.54, 1.807) is 0 Å². The summed E-state index contributed by atoms with van der Waals surface area (Å²) >= 11 is 0. The van der Waals surface area contributed by atoms with Crippen molar-refractivity contribution in [3.05, 3.63) is 16.7 Å². The predicted octanol–water partition coefficient (Wildman–Crippen LogP) is -2.26. The molecule has 2 aromatic rings. The summed E-state index contributed by atoms with van der Waals surface area (Å²) in [6.07, 6.45) is -3.20. The molecule has 0 bridgehead atoms. The van der Waals surface area contributed by atoms with Crippen LogP contribution >= 0.6 is 0 Å². The van der Waals surface area contributed by atoms with E-state index in [9.17, 15) is 15.0 Å². The molecule has 10 nitrogen and oxygen atoms in total. The number of nitrogens with one attached hydrogen (secondary N) is 1. The van der Waals surface area contributed by atoms with Crippen LogP contribution in [0, 0.1) is 0 Å². The lowest BCUT2D eigenvalue weighted by atomic mass is 10.1. The summed E-state index contributed by atoms with van der Waals surface area (Å²) in [6, 6.07) is -0.0130. The van der Waals surface area contributed by atoms with Crippen molar-refractivity contribution in [2.75, 3.05) is 13.7 Å². The standard InChI is InChI=1S/C11H14N4O6/c1-20-11-13-8-5(9(19)14-11)12-3-15(8)10-7(18)6(17)4(2-16)21-10/h3-4,6-7,10,16-18H,2H2,1H3,(H,13,14,19)/t4-,6-,7-,10-/m1/s1. The number of aromatic amines is 1. The fraction of sp³-hybridized carbons (Fsp3) is 0.545. The Morgan fingerprint density at radius 3 is 2.86 bits per heavy atom. The van der Waals surface area contributed by atoms with Gasteiger partial charge in [-0.15, -0.1) is 0 Å². The SMILES string of the molecule is COc1nc2c(ncn2[C@@H]2O[C@H](CO)[C@@H](O)[C@H]2O)c(=O)[nH]1. The lowest BCUT2D eigenvalue weighted by Crippen LogP contribution is -2.33. The first kappa shape index (κ1) is 13.9. The number of aliphatic hydroxyl groups excluding tert-OH is 3. The number of H-pyrrole nitrogens is 1. The van der Waals surface area contributed by atoms with Crippen molar-refractivity contribution >= 4 is 11.2 Å². The van der Waals surface area contributed by atoms with Crippen LogP contribution in [0.1, 0.15) is 6.23 Å². The van der Waals surface area contributed by atoms with Crippen LogP contribution in [0.2, 0.25) is 0 Å². The van der Waals surface area contributed by atoms with Gasteiger partial charge in [0.15, 0.2) is 17.4 Å². The zero-order valence-electron chi connectivity index (χ0n) is 11.0. The molecule has 1 aliphatic rings. The third-order valence-corrected chi connectivity index (χ3v) is 3.40. The molecule has 1 saturated heterocycles. The van der Waals surface area contributed by atoms with Gasteiger partial charge in [0.2, 0.25) is 0 Å². The van der Waals surface area contributed by atoms with E-state index < -0.39 is 36.7 Å².